The van der Waals surface area contributed by atoms with Crippen LogP contribution in [0.5, 0.6) is 0 Å². The van der Waals surface area contributed by atoms with Crippen LogP contribution in [0.4, 0.5) is 0 Å². The highest BCUT2D eigenvalue weighted by atomic mass is 15.2. The molecule has 0 atom stereocenters. The molecule has 0 fully saturated rings. The van der Waals surface area contributed by atoms with Crippen molar-refractivity contribution >= 4 is 60.3 Å². The molecule has 0 radical (unpaired) electrons. The van der Waals surface area contributed by atoms with Crippen LogP contribution in [0, 0.1) is 0 Å². The van der Waals surface area contributed by atoms with Crippen molar-refractivity contribution in [2.75, 3.05) is 0 Å². The molecule has 4 aromatic heterocycles. The average molecular weight is 588 g/mol. The third-order valence-electron chi connectivity index (χ3n) is 9.12. The van der Waals surface area contributed by atoms with E-state index >= 15 is 0 Å². The molecule has 0 saturated carbocycles. The van der Waals surface area contributed by atoms with Crippen LogP contribution >= 0.6 is 0 Å². The van der Waals surface area contributed by atoms with Crippen LogP contribution in [0.3, 0.4) is 0 Å². The summed E-state index contributed by atoms with van der Waals surface area (Å²) < 4.78 is 4.53. The van der Waals surface area contributed by atoms with E-state index in [1.165, 1.54) is 11.1 Å². The van der Waals surface area contributed by atoms with Gasteiger partial charge in [-0.15, -0.1) is 0 Å². The Kier molecular flexibility index (Phi) is 5.22. The van der Waals surface area contributed by atoms with Crippen LogP contribution in [0.2, 0.25) is 0 Å². The van der Waals surface area contributed by atoms with E-state index in [1.807, 2.05) is 18.2 Å². The number of nitrogens with zero attached hydrogens (tertiary/aromatic N) is 5. The van der Waals surface area contributed by atoms with Gasteiger partial charge in [0.2, 0.25) is 5.95 Å². The molecule has 0 saturated heterocycles. The van der Waals surface area contributed by atoms with E-state index in [2.05, 4.69) is 142 Å². The lowest BCUT2D eigenvalue weighted by molar-refractivity contribution is 1.02. The maximum absolute atomic E-state index is 5.37. The van der Waals surface area contributed by atoms with E-state index in [0.717, 1.165) is 71.5 Å². The van der Waals surface area contributed by atoms with Gasteiger partial charge in [-0.2, -0.15) is 0 Å². The van der Waals surface area contributed by atoms with Gasteiger partial charge in [0.25, 0.3) is 0 Å². The van der Waals surface area contributed by atoms with Gasteiger partial charge in [-0.05, 0) is 41.5 Å². The molecule has 5 nitrogen and oxygen atoms in total. The van der Waals surface area contributed by atoms with Crippen molar-refractivity contribution in [1.29, 1.82) is 0 Å². The van der Waals surface area contributed by atoms with Gasteiger partial charge in [-0.1, -0.05) is 121 Å². The Bertz CT molecular complexity index is 2790. The predicted octanol–water partition coefficient (Wildman–Crippen LogP) is 10.0. The minimum absolute atomic E-state index is 0.637. The van der Waals surface area contributed by atoms with E-state index in [9.17, 15) is 0 Å². The molecule has 0 bridgehead atoms. The highest BCUT2D eigenvalue weighted by molar-refractivity contribution is 6.24. The van der Waals surface area contributed by atoms with Crippen molar-refractivity contribution < 1.29 is 0 Å². The van der Waals surface area contributed by atoms with Crippen LogP contribution in [0.1, 0.15) is 0 Å². The van der Waals surface area contributed by atoms with E-state index in [0.29, 0.717) is 5.95 Å². The highest BCUT2D eigenvalue weighted by Gasteiger charge is 2.23. The number of benzene rings is 6. The van der Waals surface area contributed by atoms with Gasteiger partial charge in [0.1, 0.15) is 5.65 Å². The van der Waals surface area contributed by atoms with Gasteiger partial charge >= 0.3 is 0 Å². The Morgan fingerprint density at radius 3 is 1.78 bits per heavy atom. The Labute approximate surface area is 263 Å². The van der Waals surface area contributed by atoms with Crippen molar-refractivity contribution in [3.8, 4) is 28.3 Å². The second kappa shape index (κ2) is 9.58. The minimum atomic E-state index is 0.637. The second-order valence-electron chi connectivity index (χ2n) is 11.7. The molecule has 0 aliphatic carbocycles. The first-order valence-corrected chi connectivity index (χ1v) is 15.5. The molecule has 10 rings (SSSR count). The van der Waals surface area contributed by atoms with Gasteiger partial charge in [-0.3, -0.25) is 8.97 Å². The van der Waals surface area contributed by atoms with Crippen molar-refractivity contribution in [2.45, 2.75) is 0 Å². The summed E-state index contributed by atoms with van der Waals surface area (Å²) in [5.74, 6) is 0.637. The molecule has 0 aliphatic rings. The first-order valence-electron chi connectivity index (χ1n) is 15.5. The molecular formula is C41H25N5. The Morgan fingerprint density at radius 1 is 0.391 bits per heavy atom. The third kappa shape index (κ3) is 3.54. The smallest absolute Gasteiger partial charge is 0.235 e. The fraction of sp³-hybridized carbons (Fsp3) is 0. The van der Waals surface area contributed by atoms with Crippen molar-refractivity contribution in [3.63, 3.8) is 0 Å². The van der Waals surface area contributed by atoms with Gasteiger partial charge in [0.15, 0.2) is 0 Å². The van der Waals surface area contributed by atoms with E-state index < -0.39 is 0 Å². The van der Waals surface area contributed by atoms with Gasteiger partial charge in [0.05, 0.1) is 44.2 Å². The quantitative estimate of drug-likeness (QED) is 0.207. The average Bonchev–Trinajstić information content (AvgIpc) is 3.69. The summed E-state index contributed by atoms with van der Waals surface area (Å²) in [5, 5.41) is 4.35. The number of hydrogen-bond acceptors (Lipinski definition) is 3. The zero-order valence-corrected chi connectivity index (χ0v) is 24.7. The first kappa shape index (κ1) is 25.0. The fourth-order valence-electron chi connectivity index (χ4n) is 7.07. The lowest BCUT2D eigenvalue weighted by Gasteiger charge is -2.13. The molecule has 0 unspecified atom stereocenters. The zero-order valence-electron chi connectivity index (χ0n) is 24.7. The summed E-state index contributed by atoms with van der Waals surface area (Å²) in [4.78, 5) is 15.8. The Hall–Kier alpha value is -6.33. The minimum Gasteiger partial charge on any atom is -0.292 e. The normalized spacial score (nSPS) is 11.9. The molecular weight excluding hydrogens is 562 g/mol. The summed E-state index contributed by atoms with van der Waals surface area (Å²) >= 11 is 0. The Balaban J connectivity index is 1.32. The van der Waals surface area contributed by atoms with Crippen LogP contribution in [-0.2, 0) is 0 Å². The first-order chi connectivity index (χ1) is 22.8. The zero-order chi connectivity index (χ0) is 30.2. The molecule has 6 aromatic carbocycles. The maximum atomic E-state index is 5.37. The van der Waals surface area contributed by atoms with Gasteiger partial charge in [0, 0.05) is 21.7 Å². The molecule has 46 heavy (non-hydrogen) atoms. The fourth-order valence-corrected chi connectivity index (χ4v) is 7.07. The van der Waals surface area contributed by atoms with Crippen LogP contribution in [-0.4, -0.2) is 23.9 Å². The molecule has 5 heteroatoms. The topological polar surface area (TPSA) is 48.0 Å². The second-order valence-corrected chi connectivity index (χ2v) is 11.7. The lowest BCUT2D eigenvalue weighted by atomic mass is 10.0. The molecule has 10 aromatic rings. The number of fused-ring (bicyclic) bond motifs is 11. The molecule has 0 amide bonds. The Morgan fingerprint density at radius 2 is 0.978 bits per heavy atom. The van der Waals surface area contributed by atoms with Crippen molar-refractivity contribution in [1.82, 2.24) is 23.9 Å². The van der Waals surface area contributed by atoms with Crippen LogP contribution in [0.25, 0.3) is 88.6 Å². The summed E-state index contributed by atoms with van der Waals surface area (Å²) in [6.07, 6.45) is 0. The van der Waals surface area contributed by atoms with Gasteiger partial charge < -0.3 is 0 Å². The molecule has 4 heterocycles. The number of imidazole rings is 1. The monoisotopic (exact) mass is 587 g/mol. The molecule has 0 N–H and O–H groups in total. The SMILES string of the molecule is c1ccc(-c2ccc(-c3nc(-n4c5ccccc5c5c4c4ccccc4n4c6ccccc6nc54)nc4ccccc34)cc2)cc1. The summed E-state index contributed by atoms with van der Waals surface area (Å²) in [6, 6.07) is 52.9. The van der Waals surface area contributed by atoms with Crippen molar-refractivity contribution in [3.05, 3.63) is 152 Å². The maximum Gasteiger partial charge on any atom is 0.235 e. The summed E-state index contributed by atoms with van der Waals surface area (Å²) in [7, 11) is 0. The molecule has 0 spiro atoms. The number of rotatable bonds is 3. The number of pyridine rings is 1. The van der Waals surface area contributed by atoms with E-state index in [1.54, 1.807) is 0 Å². The number of hydrogen-bond donors (Lipinski definition) is 0. The van der Waals surface area contributed by atoms with Gasteiger partial charge in [-0.25, -0.2) is 15.0 Å². The summed E-state index contributed by atoms with van der Waals surface area (Å²) in [5.41, 5.74) is 11.4. The third-order valence-corrected chi connectivity index (χ3v) is 9.12. The van der Waals surface area contributed by atoms with E-state index in [4.69, 9.17) is 15.0 Å². The predicted molar refractivity (Wildman–Crippen MR) is 189 cm³/mol. The van der Waals surface area contributed by atoms with Crippen LogP contribution in [0.15, 0.2) is 152 Å². The largest absolute Gasteiger partial charge is 0.292 e. The molecule has 214 valence electrons. The molecule has 0 aliphatic heterocycles. The van der Waals surface area contributed by atoms with Crippen LogP contribution < -0.4 is 0 Å². The standard InChI is InChI=1S/C41H25N5/c1-2-12-26(13-3-1)27-22-24-28(25-23-27)38-29-14-4-7-17-32(29)43-41(44-38)46-34-19-9-5-15-30(34)37-39(46)31-16-6-10-20-35(31)45-36-21-11-8-18-33(36)42-40(37)45/h1-25H. The summed E-state index contributed by atoms with van der Waals surface area (Å²) in [6.45, 7) is 0. The number of para-hydroxylation sites is 5. The number of aromatic nitrogens is 5. The van der Waals surface area contributed by atoms with Crippen molar-refractivity contribution in [2.24, 2.45) is 0 Å². The lowest BCUT2D eigenvalue weighted by Crippen LogP contribution is -2.04. The highest BCUT2D eigenvalue weighted by Crippen LogP contribution is 2.40. The van der Waals surface area contributed by atoms with E-state index in [-0.39, 0.29) is 0 Å².